The number of aromatic amines is 1. The average Bonchev–Trinajstić information content (AvgIpc) is 3.17. The van der Waals surface area contributed by atoms with Crippen LogP contribution in [0, 0.1) is 0 Å². The maximum absolute atomic E-state index is 11.8. The van der Waals surface area contributed by atoms with Gasteiger partial charge >= 0.3 is 0 Å². The topological polar surface area (TPSA) is 57.4 Å². The Morgan fingerprint density at radius 2 is 1.74 bits per heavy atom. The van der Waals surface area contributed by atoms with E-state index in [1.807, 2.05) is 30.3 Å². The molecule has 0 radical (unpaired) electrons. The van der Waals surface area contributed by atoms with Crippen LogP contribution in [0.5, 0.6) is 0 Å². The van der Waals surface area contributed by atoms with E-state index in [1.165, 1.54) is 41.4 Å². The molecule has 2 heterocycles. The molecule has 0 bridgehead atoms. The van der Waals surface area contributed by atoms with Crippen molar-refractivity contribution >= 4 is 16.8 Å². The van der Waals surface area contributed by atoms with Gasteiger partial charge in [-0.1, -0.05) is 67.8 Å². The molecule has 1 aromatic heterocycles. The molecule has 5 heteroatoms. The minimum Gasteiger partial charge on any atom is -0.357 e. The summed E-state index contributed by atoms with van der Waals surface area (Å²) < 4.78 is 0. The monoisotopic (exact) mass is 419 g/mol. The van der Waals surface area contributed by atoms with Crippen LogP contribution < -0.4 is 5.48 Å². The highest BCUT2D eigenvalue weighted by Gasteiger charge is 2.19. The number of rotatable bonds is 11. The minimum atomic E-state index is -0.0293. The number of hydrogen-bond donors (Lipinski definition) is 2. The summed E-state index contributed by atoms with van der Waals surface area (Å²) in [5, 5.41) is 1.40. The number of amides is 1. The second-order valence-corrected chi connectivity index (χ2v) is 8.47. The second-order valence-electron chi connectivity index (χ2n) is 8.47. The van der Waals surface area contributed by atoms with Crippen molar-refractivity contribution in [1.29, 1.82) is 0 Å². The molecule has 0 saturated carbocycles. The van der Waals surface area contributed by atoms with Gasteiger partial charge in [0.05, 0.1) is 6.61 Å². The highest BCUT2D eigenvalue weighted by Crippen LogP contribution is 2.27. The molecule has 31 heavy (non-hydrogen) atoms. The van der Waals surface area contributed by atoms with Gasteiger partial charge in [0.1, 0.15) is 0 Å². The van der Waals surface area contributed by atoms with Gasteiger partial charge in [-0.2, -0.15) is 0 Å². The fourth-order valence-corrected chi connectivity index (χ4v) is 4.42. The molecule has 2 N–H and O–H groups in total. The molecule has 0 aliphatic carbocycles. The number of para-hydroxylation sites is 1. The van der Waals surface area contributed by atoms with Gasteiger partial charge < -0.3 is 4.98 Å². The molecule has 0 saturated heterocycles. The Labute approximate surface area is 184 Å². The number of fused-ring (bicyclic) bond motifs is 3. The van der Waals surface area contributed by atoms with E-state index in [9.17, 15) is 4.79 Å². The summed E-state index contributed by atoms with van der Waals surface area (Å²) in [6.45, 7) is 3.75. The molecule has 5 nitrogen and oxygen atoms in total. The first kappa shape index (κ1) is 21.6. The molecule has 2 aromatic carbocycles. The molecule has 0 atom stereocenters. The summed E-state index contributed by atoms with van der Waals surface area (Å²) in [7, 11) is 0. The third kappa shape index (κ3) is 6.18. The van der Waals surface area contributed by atoms with Gasteiger partial charge in [0.15, 0.2) is 0 Å². The van der Waals surface area contributed by atoms with Gasteiger partial charge in [-0.05, 0) is 43.0 Å². The lowest BCUT2D eigenvalue weighted by Crippen LogP contribution is -2.31. The lowest BCUT2D eigenvalue weighted by atomic mass is 10.0. The summed E-state index contributed by atoms with van der Waals surface area (Å²) in [5.74, 6) is -0.0293. The van der Waals surface area contributed by atoms with Crippen LogP contribution in [0.25, 0.3) is 10.9 Å². The van der Waals surface area contributed by atoms with Crippen molar-refractivity contribution in [3.05, 3.63) is 71.4 Å². The van der Waals surface area contributed by atoms with Crippen molar-refractivity contribution < 1.29 is 9.63 Å². The van der Waals surface area contributed by atoms with Gasteiger partial charge in [-0.3, -0.25) is 14.5 Å². The minimum absolute atomic E-state index is 0.0293. The fraction of sp³-hybridized carbons (Fsp3) is 0.423. The van der Waals surface area contributed by atoms with Gasteiger partial charge in [0, 0.05) is 36.1 Å². The molecule has 4 rings (SSSR count). The van der Waals surface area contributed by atoms with Crippen LogP contribution in [0.3, 0.4) is 0 Å². The normalized spacial score (nSPS) is 13.9. The van der Waals surface area contributed by atoms with Gasteiger partial charge in [-0.15, -0.1) is 0 Å². The Bertz CT molecular complexity index is 967. The zero-order chi connectivity index (χ0) is 21.3. The van der Waals surface area contributed by atoms with E-state index >= 15 is 0 Å². The summed E-state index contributed by atoms with van der Waals surface area (Å²) in [5.41, 5.74) is 7.77. The number of hydrogen-bond acceptors (Lipinski definition) is 3. The largest absolute Gasteiger partial charge is 0.357 e. The summed E-state index contributed by atoms with van der Waals surface area (Å²) >= 11 is 0. The summed E-state index contributed by atoms with van der Waals surface area (Å²) in [6.07, 6.45) is 7.32. The first-order valence-corrected chi connectivity index (χ1v) is 11.5. The van der Waals surface area contributed by atoms with Crippen molar-refractivity contribution in [3.8, 4) is 0 Å². The third-order valence-corrected chi connectivity index (χ3v) is 6.11. The molecule has 1 amide bonds. The molecule has 0 fully saturated rings. The average molecular weight is 420 g/mol. The molecular weight excluding hydrogens is 386 g/mol. The van der Waals surface area contributed by atoms with E-state index in [1.54, 1.807) is 0 Å². The second kappa shape index (κ2) is 11.1. The quantitative estimate of drug-likeness (QED) is 0.335. The molecular formula is C26H33N3O2. The number of carbonyl (C=O) groups excluding carboxylic acids is 1. The van der Waals surface area contributed by atoms with E-state index in [0.717, 1.165) is 44.5 Å². The van der Waals surface area contributed by atoms with Crippen molar-refractivity contribution in [3.63, 3.8) is 0 Å². The number of benzene rings is 2. The molecule has 1 aliphatic rings. The Balaban J connectivity index is 1.04. The number of unbranched alkanes of at least 4 members (excludes halogenated alkanes) is 4. The Morgan fingerprint density at radius 3 is 2.65 bits per heavy atom. The lowest BCUT2D eigenvalue weighted by Gasteiger charge is -2.26. The SMILES string of the molecule is O=C(CCCCCCCN1CCc2c([nH]c3ccccc23)C1)NOCc1ccccc1. The van der Waals surface area contributed by atoms with Crippen LogP contribution in [0.4, 0.5) is 0 Å². The molecule has 0 spiro atoms. The molecule has 0 unspecified atom stereocenters. The summed E-state index contributed by atoms with van der Waals surface area (Å²) in [6, 6.07) is 18.5. The number of nitrogens with zero attached hydrogens (tertiary/aromatic N) is 1. The first-order chi connectivity index (χ1) is 15.3. The van der Waals surface area contributed by atoms with Gasteiger partial charge in [0.25, 0.3) is 0 Å². The number of aromatic nitrogens is 1. The van der Waals surface area contributed by atoms with Crippen molar-refractivity contribution in [2.24, 2.45) is 0 Å². The van der Waals surface area contributed by atoms with Gasteiger partial charge in [0.2, 0.25) is 5.91 Å². The molecule has 3 aromatic rings. The zero-order valence-electron chi connectivity index (χ0n) is 18.2. The van der Waals surface area contributed by atoms with E-state index in [4.69, 9.17) is 4.84 Å². The number of nitrogens with one attached hydrogen (secondary N) is 2. The Morgan fingerprint density at radius 1 is 0.968 bits per heavy atom. The third-order valence-electron chi connectivity index (χ3n) is 6.11. The smallest absolute Gasteiger partial charge is 0.243 e. The van der Waals surface area contributed by atoms with Crippen LogP contribution in [-0.2, 0) is 29.2 Å². The Hall–Kier alpha value is -2.63. The van der Waals surface area contributed by atoms with Crippen molar-refractivity contribution in [2.75, 3.05) is 13.1 Å². The molecule has 1 aliphatic heterocycles. The van der Waals surface area contributed by atoms with Gasteiger partial charge in [-0.25, -0.2) is 5.48 Å². The zero-order valence-corrected chi connectivity index (χ0v) is 18.2. The van der Waals surface area contributed by atoms with Crippen LogP contribution in [-0.4, -0.2) is 28.9 Å². The predicted octanol–water partition coefficient (Wildman–Crippen LogP) is 5.11. The maximum atomic E-state index is 11.8. The van der Waals surface area contributed by atoms with E-state index < -0.39 is 0 Å². The van der Waals surface area contributed by atoms with Crippen LogP contribution in [0.2, 0.25) is 0 Å². The lowest BCUT2D eigenvalue weighted by molar-refractivity contribution is -0.134. The van der Waals surface area contributed by atoms with Crippen LogP contribution in [0.15, 0.2) is 54.6 Å². The number of H-pyrrole nitrogens is 1. The van der Waals surface area contributed by atoms with Crippen LogP contribution >= 0.6 is 0 Å². The number of hydroxylamine groups is 1. The fourth-order valence-electron chi connectivity index (χ4n) is 4.42. The van der Waals surface area contributed by atoms with E-state index in [-0.39, 0.29) is 5.91 Å². The first-order valence-electron chi connectivity index (χ1n) is 11.5. The van der Waals surface area contributed by atoms with Crippen molar-refractivity contribution in [2.45, 2.75) is 58.1 Å². The maximum Gasteiger partial charge on any atom is 0.243 e. The molecule has 164 valence electrons. The van der Waals surface area contributed by atoms with E-state index in [0.29, 0.717) is 13.0 Å². The predicted molar refractivity (Wildman–Crippen MR) is 124 cm³/mol. The Kier molecular flexibility index (Phi) is 7.75. The highest BCUT2D eigenvalue weighted by molar-refractivity contribution is 5.84. The van der Waals surface area contributed by atoms with Crippen molar-refractivity contribution in [1.82, 2.24) is 15.4 Å². The summed E-state index contributed by atoms with van der Waals surface area (Å²) in [4.78, 5) is 23.3. The van der Waals surface area contributed by atoms with Crippen LogP contribution in [0.1, 0.15) is 55.3 Å². The highest BCUT2D eigenvalue weighted by atomic mass is 16.6. The standard InChI is InChI=1S/C26H33N3O2/c30-26(28-31-20-21-11-5-4-6-12-21)15-7-2-1-3-10-17-29-18-16-23-22-13-8-9-14-24(22)27-25(23)19-29/h4-6,8-9,11-14,27H,1-3,7,10,15-20H2,(H,28,30). The van der Waals surface area contributed by atoms with E-state index in [2.05, 4.69) is 39.6 Å². The number of carbonyl (C=O) groups is 1.